The van der Waals surface area contributed by atoms with Crippen LogP contribution in [-0.4, -0.2) is 9.55 Å². The first kappa shape index (κ1) is 10.1. The Morgan fingerprint density at radius 2 is 1.82 bits per heavy atom. The summed E-state index contributed by atoms with van der Waals surface area (Å²) in [5.41, 5.74) is 5.05. The Labute approximate surface area is 101 Å². The van der Waals surface area contributed by atoms with Gasteiger partial charge in [-0.1, -0.05) is 18.2 Å². The van der Waals surface area contributed by atoms with E-state index in [0.29, 0.717) is 0 Å². The Morgan fingerprint density at radius 3 is 2.59 bits per heavy atom. The zero-order chi connectivity index (χ0) is 11.8. The highest BCUT2D eigenvalue weighted by atomic mass is 14.9. The molecule has 2 heterocycles. The van der Waals surface area contributed by atoms with Crippen LogP contribution >= 0.6 is 0 Å². The highest BCUT2D eigenvalue weighted by Crippen LogP contribution is 2.29. The average Bonchev–Trinajstić information content (AvgIpc) is 2.66. The number of para-hydroxylation sites is 1. The number of nitrogens with zero attached hydrogens (tertiary/aromatic N) is 2. The van der Waals surface area contributed by atoms with E-state index in [-0.39, 0.29) is 0 Å². The van der Waals surface area contributed by atoms with Gasteiger partial charge >= 0.3 is 0 Å². The van der Waals surface area contributed by atoms with Crippen LogP contribution in [0.2, 0.25) is 0 Å². The number of pyridine rings is 1. The fourth-order valence-corrected chi connectivity index (χ4v) is 2.31. The molecule has 0 fully saturated rings. The summed E-state index contributed by atoms with van der Waals surface area (Å²) in [5, 5.41) is 1.29. The molecule has 0 bridgehead atoms. The Balaban J connectivity index is 2.37. The summed E-state index contributed by atoms with van der Waals surface area (Å²) in [6.45, 7) is 2.14. The van der Waals surface area contributed by atoms with Gasteiger partial charge in [0, 0.05) is 36.1 Å². The van der Waals surface area contributed by atoms with E-state index in [1.54, 1.807) is 0 Å². The summed E-state index contributed by atoms with van der Waals surface area (Å²) >= 11 is 0. The number of aryl methyl sites for hydroxylation is 2. The standard InChI is InChI=1S/C15H14N2/c1-11-10-13-4-3-5-14(15(13)17(11)2)12-6-8-16-9-7-12/h3-10H,1-2H3. The lowest BCUT2D eigenvalue weighted by atomic mass is 10.0. The monoisotopic (exact) mass is 222 g/mol. The van der Waals surface area contributed by atoms with Gasteiger partial charge in [0.15, 0.2) is 0 Å². The predicted octanol–water partition coefficient (Wildman–Crippen LogP) is 3.55. The van der Waals surface area contributed by atoms with Crippen LogP contribution in [0.4, 0.5) is 0 Å². The van der Waals surface area contributed by atoms with Gasteiger partial charge in [0.1, 0.15) is 0 Å². The molecular weight excluding hydrogens is 208 g/mol. The molecule has 0 radical (unpaired) electrons. The summed E-state index contributed by atoms with van der Waals surface area (Å²) < 4.78 is 2.24. The van der Waals surface area contributed by atoms with Crippen LogP contribution in [0, 0.1) is 6.92 Å². The average molecular weight is 222 g/mol. The van der Waals surface area contributed by atoms with Crippen molar-refractivity contribution in [2.24, 2.45) is 7.05 Å². The van der Waals surface area contributed by atoms with Gasteiger partial charge in [-0.2, -0.15) is 0 Å². The molecule has 0 saturated heterocycles. The van der Waals surface area contributed by atoms with Crippen molar-refractivity contribution in [3.05, 3.63) is 54.5 Å². The van der Waals surface area contributed by atoms with Gasteiger partial charge in [-0.15, -0.1) is 0 Å². The number of aromatic nitrogens is 2. The first-order chi connectivity index (χ1) is 8.27. The number of hydrogen-bond donors (Lipinski definition) is 0. The van der Waals surface area contributed by atoms with E-state index in [0.717, 1.165) is 0 Å². The SMILES string of the molecule is Cc1cc2cccc(-c3ccncc3)c2n1C. The lowest BCUT2D eigenvalue weighted by Crippen LogP contribution is -1.92. The molecule has 0 spiro atoms. The molecule has 0 aliphatic carbocycles. The molecule has 17 heavy (non-hydrogen) atoms. The topological polar surface area (TPSA) is 17.8 Å². The molecule has 0 N–H and O–H groups in total. The van der Waals surface area contributed by atoms with Crippen molar-refractivity contribution in [2.45, 2.75) is 6.92 Å². The summed E-state index contributed by atoms with van der Waals surface area (Å²) in [4.78, 5) is 4.07. The maximum atomic E-state index is 4.07. The minimum atomic E-state index is 1.21. The number of hydrogen-bond acceptors (Lipinski definition) is 1. The van der Waals surface area contributed by atoms with Crippen LogP contribution in [0.15, 0.2) is 48.8 Å². The highest BCUT2D eigenvalue weighted by molar-refractivity contribution is 5.95. The van der Waals surface area contributed by atoms with E-state index >= 15 is 0 Å². The van der Waals surface area contributed by atoms with Gasteiger partial charge in [0.2, 0.25) is 0 Å². The molecule has 0 aliphatic rings. The van der Waals surface area contributed by atoms with Crippen LogP contribution in [0.3, 0.4) is 0 Å². The van der Waals surface area contributed by atoms with E-state index in [4.69, 9.17) is 0 Å². The maximum absolute atomic E-state index is 4.07. The van der Waals surface area contributed by atoms with Crippen LogP contribution in [0.5, 0.6) is 0 Å². The summed E-state index contributed by atoms with van der Waals surface area (Å²) in [5.74, 6) is 0. The van der Waals surface area contributed by atoms with Gasteiger partial charge in [-0.3, -0.25) is 4.98 Å². The first-order valence-electron chi connectivity index (χ1n) is 5.73. The van der Waals surface area contributed by atoms with Crippen molar-refractivity contribution < 1.29 is 0 Å². The van der Waals surface area contributed by atoms with Crippen molar-refractivity contribution in [3.63, 3.8) is 0 Å². The second-order valence-electron chi connectivity index (χ2n) is 4.32. The highest BCUT2D eigenvalue weighted by Gasteiger charge is 2.08. The molecule has 2 nitrogen and oxygen atoms in total. The van der Waals surface area contributed by atoms with Gasteiger partial charge in [0.05, 0.1) is 5.52 Å². The van der Waals surface area contributed by atoms with Gasteiger partial charge in [0.25, 0.3) is 0 Å². The smallest absolute Gasteiger partial charge is 0.0559 e. The van der Waals surface area contributed by atoms with Crippen LogP contribution in [0.1, 0.15) is 5.69 Å². The van der Waals surface area contributed by atoms with Crippen molar-refractivity contribution in [1.29, 1.82) is 0 Å². The zero-order valence-electron chi connectivity index (χ0n) is 10.0. The van der Waals surface area contributed by atoms with Gasteiger partial charge in [-0.25, -0.2) is 0 Å². The molecule has 1 aromatic carbocycles. The molecule has 84 valence electrons. The Bertz CT molecular complexity index is 666. The second-order valence-corrected chi connectivity index (χ2v) is 4.32. The third-order valence-corrected chi connectivity index (χ3v) is 3.29. The molecule has 2 aromatic heterocycles. The van der Waals surface area contributed by atoms with Crippen LogP contribution in [-0.2, 0) is 7.05 Å². The predicted molar refractivity (Wildman–Crippen MR) is 70.9 cm³/mol. The van der Waals surface area contributed by atoms with Crippen molar-refractivity contribution in [2.75, 3.05) is 0 Å². The first-order valence-corrected chi connectivity index (χ1v) is 5.73. The molecular formula is C15H14N2. The molecule has 0 unspecified atom stereocenters. The molecule has 0 saturated carbocycles. The Hall–Kier alpha value is -2.09. The largest absolute Gasteiger partial charge is 0.347 e. The van der Waals surface area contributed by atoms with Crippen molar-refractivity contribution >= 4 is 10.9 Å². The normalized spacial score (nSPS) is 10.9. The van der Waals surface area contributed by atoms with Crippen molar-refractivity contribution in [1.82, 2.24) is 9.55 Å². The molecule has 3 aromatic rings. The van der Waals surface area contributed by atoms with E-state index in [1.807, 2.05) is 12.4 Å². The van der Waals surface area contributed by atoms with E-state index in [2.05, 4.69) is 59.9 Å². The van der Waals surface area contributed by atoms with Crippen molar-refractivity contribution in [3.8, 4) is 11.1 Å². The number of fused-ring (bicyclic) bond motifs is 1. The Kier molecular flexibility index (Phi) is 2.22. The fraction of sp³-hybridized carbons (Fsp3) is 0.133. The zero-order valence-corrected chi connectivity index (χ0v) is 10.0. The molecule has 0 amide bonds. The van der Waals surface area contributed by atoms with E-state index < -0.39 is 0 Å². The van der Waals surface area contributed by atoms with E-state index in [1.165, 1.54) is 27.7 Å². The quantitative estimate of drug-likeness (QED) is 0.615. The minimum Gasteiger partial charge on any atom is -0.347 e. The summed E-state index contributed by atoms with van der Waals surface area (Å²) in [7, 11) is 2.11. The van der Waals surface area contributed by atoms with Gasteiger partial charge < -0.3 is 4.57 Å². The molecule has 0 atom stereocenters. The summed E-state index contributed by atoms with van der Waals surface area (Å²) in [6.07, 6.45) is 3.67. The molecule has 3 rings (SSSR count). The lowest BCUT2D eigenvalue weighted by Gasteiger charge is -2.06. The van der Waals surface area contributed by atoms with Gasteiger partial charge in [-0.05, 0) is 30.7 Å². The Morgan fingerprint density at radius 1 is 1.06 bits per heavy atom. The van der Waals surface area contributed by atoms with Crippen LogP contribution in [0.25, 0.3) is 22.0 Å². The lowest BCUT2D eigenvalue weighted by molar-refractivity contribution is 0.919. The maximum Gasteiger partial charge on any atom is 0.0559 e. The molecule has 2 heteroatoms. The summed E-state index contributed by atoms with van der Waals surface area (Å²) in [6, 6.07) is 12.8. The molecule has 0 aliphatic heterocycles. The number of benzene rings is 1. The van der Waals surface area contributed by atoms with Crippen LogP contribution < -0.4 is 0 Å². The fourth-order valence-electron chi connectivity index (χ4n) is 2.31. The third-order valence-electron chi connectivity index (χ3n) is 3.29. The second kappa shape index (κ2) is 3.74. The minimum absolute atomic E-state index is 1.21. The van der Waals surface area contributed by atoms with E-state index in [9.17, 15) is 0 Å². The third kappa shape index (κ3) is 1.53. The number of rotatable bonds is 1.